The van der Waals surface area contributed by atoms with Crippen LogP contribution in [-0.2, 0) is 20.7 Å². The van der Waals surface area contributed by atoms with Crippen molar-refractivity contribution in [2.24, 2.45) is 0 Å². The van der Waals surface area contributed by atoms with Crippen molar-refractivity contribution in [2.45, 2.75) is 37.4 Å². The molecule has 0 saturated carbocycles. The lowest BCUT2D eigenvalue weighted by Gasteiger charge is -2.30. The number of benzene rings is 2. The Kier molecular flexibility index (Phi) is 6.90. The minimum absolute atomic E-state index is 0.0485. The average molecular weight is 496 g/mol. The summed E-state index contributed by atoms with van der Waals surface area (Å²) in [6, 6.07) is 16.0. The lowest BCUT2D eigenvalue weighted by atomic mass is 9.95. The maximum Gasteiger partial charge on any atom is 0.359 e. The number of nitrogens with zero attached hydrogens (tertiary/aromatic N) is 3. The highest BCUT2D eigenvalue weighted by Crippen LogP contribution is 2.41. The van der Waals surface area contributed by atoms with Crippen molar-refractivity contribution in [2.75, 3.05) is 6.61 Å². The molecule has 1 fully saturated rings. The van der Waals surface area contributed by atoms with Gasteiger partial charge in [0.1, 0.15) is 29.8 Å². The molecule has 3 aromatic rings. The molecular weight excluding hydrogens is 474 g/mol. The van der Waals surface area contributed by atoms with Crippen LogP contribution in [0, 0.1) is 11.3 Å². The Morgan fingerprint density at radius 3 is 2.69 bits per heavy atom. The number of ketones is 1. The smallest absolute Gasteiger partial charge is 0.359 e. The third kappa shape index (κ3) is 4.78. The first-order chi connectivity index (χ1) is 16.8. The van der Waals surface area contributed by atoms with E-state index in [0.717, 1.165) is 15.3 Å². The van der Waals surface area contributed by atoms with Crippen molar-refractivity contribution in [1.82, 2.24) is 9.55 Å². The molecule has 2 N–H and O–H groups in total. The lowest BCUT2D eigenvalue weighted by molar-refractivity contribution is -0.116. The summed E-state index contributed by atoms with van der Waals surface area (Å²) >= 11 is 5.20. The molecule has 0 radical (unpaired) electrons. The summed E-state index contributed by atoms with van der Waals surface area (Å²) in [5.74, 6) is 0.145. The molecule has 35 heavy (non-hydrogen) atoms. The third-order valence-corrected chi connectivity index (χ3v) is 5.73. The summed E-state index contributed by atoms with van der Waals surface area (Å²) in [6.45, 7) is 0.702. The molecule has 1 unspecified atom stereocenters. The number of nitriles is 1. The van der Waals surface area contributed by atoms with Gasteiger partial charge >= 0.3 is 10.9 Å². The maximum atomic E-state index is 12.7. The molecule has 4 rings (SSSR count). The second-order valence-corrected chi connectivity index (χ2v) is 8.34. The van der Waals surface area contributed by atoms with Crippen LogP contribution in [0.5, 0.6) is 5.75 Å². The molecule has 0 amide bonds. The molecule has 1 aliphatic heterocycles. The van der Waals surface area contributed by atoms with E-state index in [2.05, 4.69) is 4.98 Å². The molecule has 4 atom stereocenters. The van der Waals surface area contributed by atoms with Crippen molar-refractivity contribution >= 4 is 34.0 Å². The van der Waals surface area contributed by atoms with Crippen molar-refractivity contribution in [1.29, 1.82) is 5.26 Å². The van der Waals surface area contributed by atoms with Gasteiger partial charge < -0.3 is 24.4 Å². The molecule has 11 heteroatoms. The van der Waals surface area contributed by atoms with Gasteiger partial charge in [-0.25, -0.2) is 4.79 Å². The standard InChI is InChI=1S/C24H21N3O7S/c1-14(29)10-17-8-9-27(22(31)26-17)21-24(13-25,20(30)19(12-28)33-21)34-23(35)32-18-7-6-15-4-2-3-5-16(15)11-18/h2-9,11,19-21,28,30H,10,12H2,1H3/t19-,20-,21-,24?/m1/s1. The molecule has 1 saturated heterocycles. The fourth-order valence-electron chi connectivity index (χ4n) is 3.90. The van der Waals surface area contributed by atoms with E-state index in [9.17, 15) is 25.1 Å². The Balaban J connectivity index is 1.64. The molecular formula is C24H21N3O7S. The quantitative estimate of drug-likeness (QED) is 0.482. The number of hydrogen-bond donors (Lipinski definition) is 2. The summed E-state index contributed by atoms with van der Waals surface area (Å²) in [6.07, 6.45) is -3.25. The first kappa shape index (κ1) is 24.4. The molecule has 180 valence electrons. The topological polar surface area (TPSA) is 144 Å². The van der Waals surface area contributed by atoms with E-state index >= 15 is 0 Å². The van der Waals surface area contributed by atoms with Crippen LogP contribution in [-0.4, -0.2) is 55.2 Å². The minimum atomic E-state index is -2.24. The number of aromatic nitrogens is 2. The van der Waals surface area contributed by atoms with Crippen LogP contribution in [0.3, 0.4) is 0 Å². The number of fused-ring (bicyclic) bond motifs is 1. The largest absolute Gasteiger partial charge is 0.427 e. The van der Waals surface area contributed by atoms with Crippen molar-refractivity contribution in [3.8, 4) is 11.8 Å². The number of rotatable bonds is 6. The van der Waals surface area contributed by atoms with Crippen molar-refractivity contribution in [3.63, 3.8) is 0 Å². The zero-order valence-corrected chi connectivity index (χ0v) is 19.3. The molecule has 2 heterocycles. The van der Waals surface area contributed by atoms with Gasteiger partial charge in [0.25, 0.3) is 5.60 Å². The average Bonchev–Trinajstić information content (AvgIpc) is 3.10. The maximum absolute atomic E-state index is 12.7. The molecule has 1 aromatic heterocycles. The van der Waals surface area contributed by atoms with Crippen LogP contribution in [0.1, 0.15) is 18.8 Å². The van der Waals surface area contributed by atoms with Gasteiger partial charge in [0.2, 0.25) is 0 Å². The van der Waals surface area contributed by atoms with E-state index in [1.54, 1.807) is 12.1 Å². The molecule has 0 bridgehead atoms. The highest BCUT2D eigenvalue weighted by Gasteiger charge is 2.61. The summed E-state index contributed by atoms with van der Waals surface area (Å²) in [5.41, 5.74) is -2.85. The van der Waals surface area contributed by atoms with Gasteiger partial charge in [0.15, 0.2) is 6.23 Å². The summed E-state index contributed by atoms with van der Waals surface area (Å²) in [7, 11) is 0. The Morgan fingerprint density at radius 2 is 2.03 bits per heavy atom. The number of Topliss-reactive ketones (excluding diaryl/α,β-unsaturated/α-hetero) is 1. The van der Waals surface area contributed by atoms with E-state index in [1.807, 2.05) is 36.4 Å². The second kappa shape index (κ2) is 9.89. The Bertz CT molecular complexity index is 1390. The first-order valence-corrected chi connectivity index (χ1v) is 11.0. The second-order valence-electron chi connectivity index (χ2n) is 8.01. The number of carbonyl (C=O) groups is 1. The number of aliphatic hydroxyl groups excluding tert-OH is 2. The predicted octanol–water partition coefficient (Wildman–Crippen LogP) is 1.42. The monoisotopic (exact) mass is 495 g/mol. The highest BCUT2D eigenvalue weighted by molar-refractivity contribution is 7.79. The molecule has 0 spiro atoms. The zero-order valence-electron chi connectivity index (χ0n) is 18.5. The molecule has 1 aliphatic rings. The first-order valence-electron chi connectivity index (χ1n) is 10.6. The van der Waals surface area contributed by atoms with E-state index in [1.165, 1.54) is 19.2 Å². The summed E-state index contributed by atoms with van der Waals surface area (Å²) in [4.78, 5) is 27.9. The Morgan fingerprint density at radius 1 is 1.29 bits per heavy atom. The normalized spacial score (nSPS) is 23.5. The van der Waals surface area contributed by atoms with Crippen LogP contribution >= 0.6 is 12.2 Å². The predicted molar refractivity (Wildman–Crippen MR) is 126 cm³/mol. The Labute approximate surface area is 204 Å². The molecule has 2 aromatic carbocycles. The SMILES string of the molecule is CC(=O)Cc1ccn([C@@H]2O[C@H](CO)[C@@H](O)C2(C#N)OC(=S)Oc2ccc3ccccc3c2)c(=O)n1. The fraction of sp³-hybridized carbons (Fsp3) is 0.292. The van der Waals surface area contributed by atoms with Gasteiger partial charge in [-0.2, -0.15) is 10.2 Å². The van der Waals surface area contributed by atoms with Gasteiger partial charge in [0.05, 0.1) is 12.3 Å². The van der Waals surface area contributed by atoms with E-state index in [4.69, 9.17) is 26.4 Å². The Hall–Kier alpha value is -3.69. The molecule has 10 nitrogen and oxygen atoms in total. The number of thiocarbonyl (C=S) groups is 1. The third-order valence-electron chi connectivity index (χ3n) is 5.56. The fourth-order valence-corrected chi connectivity index (χ4v) is 4.13. The van der Waals surface area contributed by atoms with E-state index < -0.39 is 41.6 Å². The summed E-state index contributed by atoms with van der Waals surface area (Å²) in [5, 5.41) is 31.9. The number of carbonyl (C=O) groups excluding carboxylic acids is 1. The van der Waals surface area contributed by atoms with Crippen LogP contribution in [0.15, 0.2) is 59.5 Å². The summed E-state index contributed by atoms with van der Waals surface area (Å²) < 4.78 is 17.8. The van der Waals surface area contributed by atoms with Gasteiger partial charge in [-0.1, -0.05) is 30.3 Å². The van der Waals surface area contributed by atoms with Gasteiger partial charge in [-0.05, 0) is 35.9 Å². The van der Waals surface area contributed by atoms with Gasteiger partial charge in [0, 0.05) is 24.8 Å². The minimum Gasteiger partial charge on any atom is -0.427 e. The number of aliphatic hydroxyl groups is 2. The van der Waals surface area contributed by atoms with Crippen LogP contribution < -0.4 is 10.4 Å². The van der Waals surface area contributed by atoms with Gasteiger partial charge in [-0.3, -0.25) is 9.36 Å². The van der Waals surface area contributed by atoms with E-state index in [-0.39, 0.29) is 17.9 Å². The number of ether oxygens (including phenoxy) is 3. The van der Waals surface area contributed by atoms with Gasteiger partial charge in [-0.15, -0.1) is 0 Å². The highest BCUT2D eigenvalue weighted by atomic mass is 32.1. The van der Waals surface area contributed by atoms with E-state index in [0.29, 0.717) is 5.75 Å². The number of hydrogen-bond acceptors (Lipinski definition) is 10. The van der Waals surface area contributed by atoms with Crippen LogP contribution in [0.4, 0.5) is 0 Å². The molecule has 0 aliphatic carbocycles. The lowest BCUT2D eigenvalue weighted by Crippen LogP contribution is -2.51. The van der Waals surface area contributed by atoms with Crippen LogP contribution in [0.2, 0.25) is 0 Å². The van der Waals surface area contributed by atoms with Crippen molar-refractivity contribution < 1.29 is 29.2 Å². The zero-order chi connectivity index (χ0) is 25.2. The van der Waals surface area contributed by atoms with Crippen LogP contribution in [0.25, 0.3) is 10.8 Å². The van der Waals surface area contributed by atoms with Crippen molar-refractivity contribution in [3.05, 3.63) is 70.9 Å².